The van der Waals surface area contributed by atoms with Crippen molar-refractivity contribution in [2.45, 2.75) is 117 Å². The van der Waals surface area contributed by atoms with E-state index in [-0.39, 0.29) is 49.1 Å². The monoisotopic (exact) mass is 518 g/mol. The summed E-state index contributed by atoms with van der Waals surface area (Å²) in [5.41, 5.74) is -5.10. The van der Waals surface area contributed by atoms with Crippen LogP contribution >= 0.6 is 0 Å². The van der Waals surface area contributed by atoms with Gasteiger partial charge in [0.1, 0.15) is 17.5 Å². The van der Waals surface area contributed by atoms with Crippen LogP contribution < -0.4 is 0 Å². The topological polar surface area (TPSA) is 132 Å². The number of hydrogen-bond donors (Lipinski definition) is 4. The average Bonchev–Trinajstić information content (AvgIpc) is 2.96. The van der Waals surface area contributed by atoms with Gasteiger partial charge in [-0.15, -0.1) is 0 Å². The van der Waals surface area contributed by atoms with E-state index < -0.39 is 56.8 Å². The molecule has 7 heteroatoms. The van der Waals surface area contributed by atoms with Gasteiger partial charge in [-0.3, -0.25) is 14.4 Å². The van der Waals surface area contributed by atoms with Crippen LogP contribution in [0.1, 0.15) is 93.9 Å². The smallest absolute Gasteiger partial charge is 0.170 e. The summed E-state index contributed by atoms with van der Waals surface area (Å²) in [6, 6.07) is 0. The van der Waals surface area contributed by atoms with Crippen LogP contribution in [-0.2, 0) is 14.4 Å². The Morgan fingerprint density at radius 3 is 2.19 bits per heavy atom. The van der Waals surface area contributed by atoms with E-state index in [0.717, 1.165) is 5.57 Å². The molecular formula is C30H46O7. The highest BCUT2D eigenvalue weighted by atomic mass is 16.3. The SMILES string of the molecule is CC(C)(O)CCC(=O)[C@@](C)(O)C1[C@@H](O)C[C@]2(C)C3CC=C4C(C[C@@H](O)C(=O)C4(C)C)[C@@]3(C)C(=O)C[C@@]12C. The van der Waals surface area contributed by atoms with Crippen LogP contribution in [0.25, 0.3) is 0 Å². The highest BCUT2D eigenvalue weighted by Gasteiger charge is 2.74. The van der Waals surface area contributed by atoms with Gasteiger partial charge in [0.05, 0.1) is 11.7 Å². The summed E-state index contributed by atoms with van der Waals surface area (Å²) in [4.78, 5) is 40.4. The number of rotatable bonds is 5. The van der Waals surface area contributed by atoms with E-state index in [1.807, 2.05) is 27.7 Å². The molecule has 0 heterocycles. The summed E-state index contributed by atoms with van der Waals surface area (Å²) in [6.07, 6.45) is 1.33. The van der Waals surface area contributed by atoms with Gasteiger partial charge in [-0.25, -0.2) is 0 Å². The van der Waals surface area contributed by atoms with Gasteiger partial charge in [0.15, 0.2) is 11.6 Å². The third kappa shape index (κ3) is 3.78. The lowest BCUT2D eigenvalue weighted by atomic mass is 9.38. The lowest BCUT2D eigenvalue weighted by Crippen LogP contribution is -2.65. The fourth-order valence-corrected chi connectivity index (χ4v) is 9.24. The van der Waals surface area contributed by atoms with E-state index >= 15 is 0 Å². The summed E-state index contributed by atoms with van der Waals surface area (Å²) < 4.78 is 0. The minimum atomic E-state index is -1.86. The van der Waals surface area contributed by atoms with Crippen LogP contribution in [0.2, 0.25) is 0 Å². The Kier molecular flexibility index (Phi) is 6.41. The predicted octanol–water partition coefficient (Wildman–Crippen LogP) is 3.15. The Morgan fingerprint density at radius 1 is 1.03 bits per heavy atom. The molecule has 4 aliphatic carbocycles. The highest BCUT2D eigenvalue weighted by Crippen LogP contribution is 2.74. The first-order valence-corrected chi connectivity index (χ1v) is 13.8. The number of carbonyl (C=O) groups is 3. The molecule has 0 saturated heterocycles. The largest absolute Gasteiger partial charge is 0.393 e. The normalized spacial score (nSPS) is 44.9. The van der Waals surface area contributed by atoms with Crippen molar-refractivity contribution in [2.75, 3.05) is 0 Å². The number of fused-ring (bicyclic) bond motifs is 5. The molecule has 7 nitrogen and oxygen atoms in total. The van der Waals surface area contributed by atoms with Crippen LogP contribution in [0.4, 0.5) is 0 Å². The van der Waals surface area contributed by atoms with E-state index in [1.54, 1.807) is 13.8 Å². The zero-order valence-corrected chi connectivity index (χ0v) is 23.7. The van der Waals surface area contributed by atoms with Crippen molar-refractivity contribution in [2.24, 2.45) is 39.4 Å². The third-order valence-corrected chi connectivity index (χ3v) is 11.5. The lowest BCUT2D eigenvalue weighted by molar-refractivity contribution is -0.185. The van der Waals surface area contributed by atoms with Crippen LogP contribution in [0, 0.1) is 39.4 Å². The molecule has 3 fully saturated rings. The molecular weight excluding hydrogens is 472 g/mol. The predicted molar refractivity (Wildman–Crippen MR) is 138 cm³/mol. The molecule has 4 rings (SSSR count). The van der Waals surface area contributed by atoms with E-state index in [0.29, 0.717) is 12.8 Å². The van der Waals surface area contributed by atoms with Crippen molar-refractivity contribution >= 4 is 17.3 Å². The molecule has 0 aromatic heterocycles. The Bertz CT molecular complexity index is 1050. The van der Waals surface area contributed by atoms with Crippen molar-refractivity contribution in [3.63, 3.8) is 0 Å². The fourth-order valence-electron chi connectivity index (χ4n) is 9.24. The molecule has 0 bridgehead atoms. The first-order chi connectivity index (χ1) is 16.7. The molecule has 37 heavy (non-hydrogen) atoms. The molecule has 0 amide bonds. The molecule has 9 atom stereocenters. The average molecular weight is 519 g/mol. The van der Waals surface area contributed by atoms with Crippen LogP contribution in [0.15, 0.2) is 11.6 Å². The Morgan fingerprint density at radius 2 is 1.62 bits per heavy atom. The standard InChI is InChI=1S/C30H46O7/c1-25(2,36)12-11-21(33)30(8,37)23-19(32)14-27(5)20-10-9-16-17(13-18(31)24(35)26(16,3)4)29(20,7)22(34)15-28(23,27)6/h9,17-20,23,31-32,36-37H,10-15H2,1-8H3/t17?,18-,19+,20?,23?,27-,28+,29-,30-/m1/s1. The summed E-state index contributed by atoms with van der Waals surface area (Å²) in [6.45, 7) is 14.3. The number of carbonyl (C=O) groups excluding carboxylic acids is 3. The minimum absolute atomic E-state index is 0.00395. The molecule has 0 aromatic rings. The molecule has 0 aliphatic heterocycles. The molecule has 4 N–H and O–H groups in total. The first kappa shape index (κ1) is 28.6. The highest BCUT2D eigenvalue weighted by molar-refractivity contribution is 5.95. The lowest BCUT2D eigenvalue weighted by Gasteiger charge is -2.64. The van der Waals surface area contributed by atoms with Crippen LogP contribution in [0.3, 0.4) is 0 Å². The van der Waals surface area contributed by atoms with Gasteiger partial charge in [0.2, 0.25) is 0 Å². The van der Waals surface area contributed by atoms with E-state index in [4.69, 9.17) is 0 Å². The second kappa shape index (κ2) is 8.30. The Hall–Kier alpha value is -1.41. The van der Waals surface area contributed by atoms with Gasteiger partial charge in [-0.2, -0.15) is 0 Å². The Balaban J connectivity index is 1.77. The number of ketones is 3. The number of aliphatic hydroxyl groups excluding tert-OH is 2. The number of aliphatic hydroxyl groups is 4. The van der Waals surface area contributed by atoms with Gasteiger partial charge >= 0.3 is 0 Å². The van der Waals surface area contributed by atoms with Gasteiger partial charge in [0, 0.05) is 29.6 Å². The van der Waals surface area contributed by atoms with E-state index in [2.05, 4.69) is 13.0 Å². The van der Waals surface area contributed by atoms with E-state index in [1.165, 1.54) is 6.92 Å². The van der Waals surface area contributed by atoms with Crippen LogP contribution in [-0.4, -0.2) is 61.2 Å². The Labute approximate surface area is 220 Å². The third-order valence-electron chi connectivity index (χ3n) is 11.5. The second-order valence-corrected chi connectivity index (χ2v) is 14.6. The summed E-state index contributed by atoms with van der Waals surface area (Å²) in [7, 11) is 0. The first-order valence-electron chi connectivity index (χ1n) is 13.8. The van der Waals surface area contributed by atoms with Gasteiger partial charge in [-0.05, 0) is 83.0 Å². The number of Topliss-reactive ketones (excluding diaryl/α,β-unsaturated/α-hetero) is 3. The van der Waals surface area contributed by atoms with Crippen molar-refractivity contribution < 1.29 is 34.8 Å². The number of allylic oxidation sites excluding steroid dienone is 2. The molecule has 0 radical (unpaired) electrons. The maximum Gasteiger partial charge on any atom is 0.170 e. The molecule has 208 valence electrons. The maximum atomic E-state index is 14.2. The van der Waals surface area contributed by atoms with E-state index in [9.17, 15) is 34.8 Å². The fraction of sp³-hybridized carbons (Fsp3) is 0.833. The second-order valence-electron chi connectivity index (χ2n) is 14.6. The summed E-state index contributed by atoms with van der Waals surface area (Å²) in [5.74, 6) is -1.96. The maximum absolute atomic E-state index is 14.2. The van der Waals surface area contributed by atoms with Gasteiger partial charge in [-0.1, -0.05) is 32.4 Å². The van der Waals surface area contributed by atoms with Crippen LogP contribution in [0.5, 0.6) is 0 Å². The number of hydrogen-bond acceptors (Lipinski definition) is 7. The van der Waals surface area contributed by atoms with Crippen molar-refractivity contribution in [3.05, 3.63) is 11.6 Å². The van der Waals surface area contributed by atoms with Gasteiger partial charge in [0.25, 0.3) is 0 Å². The zero-order valence-electron chi connectivity index (χ0n) is 23.7. The quantitative estimate of drug-likeness (QED) is 0.411. The summed E-state index contributed by atoms with van der Waals surface area (Å²) >= 11 is 0. The van der Waals surface area contributed by atoms with Gasteiger partial charge < -0.3 is 20.4 Å². The van der Waals surface area contributed by atoms with Crippen molar-refractivity contribution in [1.29, 1.82) is 0 Å². The van der Waals surface area contributed by atoms with Crippen molar-refractivity contribution in [3.8, 4) is 0 Å². The molecule has 4 aliphatic rings. The summed E-state index contributed by atoms with van der Waals surface area (Å²) in [5, 5.41) is 43.9. The molecule has 0 aromatic carbocycles. The van der Waals surface area contributed by atoms with Crippen molar-refractivity contribution in [1.82, 2.24) is 0 Å². The molecule has 3 unspecified atom stereocenters. The molecule has 3 saturated carbocycles. The zero-order chi connectivity index (χ0) is 28.1. The minimum Gasteiger partial charge on any atom is -0.393 e. The molecule has 0 spiro atoms.